The van der Waals surface area contributed by atoms with Gasteiger partial charge in [0.25, 0.3) is 0 Å². The van der Waals surface area contributed by atoms with Crippen molar-refractivity contribution in [2.45, 2.75) is 80.2 Å². The van der Waals surface area contributed by atoms with Crippen LogP contribution in [0.2, 0.25) is 0 Å². The summed E-state index contributed by atoms with van der Waals surface area (Å²) in [7, 11) is 0. The van der Waals surface area contributed by atoms with Crippen molar-refractivity contribution in [3.8, 4) is 0 Å². The van der Waals surface area contributed by atoms with Crippen molar-refractivity contribution in [3.05, 3.63) is 24.3 Å². The zero-order chi connectivity index (χ0) is 28.2. The van der Waals surface area contributed by atoms with E-state index in [0.717, 1.165) is 50.9 Å². The summed E-state index contributed by atoms with van der Waals surface area (Å²) in [6.45, 7) is 9.27. The van der Waals surface area contributed by atoms with Crippen LogP contribution in [0.3, 0.4) is 0 Å². The normalized spacial score (nSPS) is 29.0. The van der Waals surface area contributed by atoms with Gasteiger partial charge in [0.1, 0.15) is 6.04 Å². The molecular weight excluding hydrogens is 580 g/mol. The number of nitrogens with zero attached hydrogens (tertiary/aromatic N) is 2. The van der Waals surface area contributed by atoms with Crippen LogP contribution < -0.4 is 15.5 Å². The van der Waals surface area contributed by atoms with Crippen molar-refractivity contribution >= 4 is 56.8 Å². The summed E-state index contributed by atoms with van der Waals surface area (Å²) in [6, 6.07) is 7.23. The van der Waals surface area contributed by atoms with E-state index in [-0.39, 0.29) is 34.4 Å². The molecule has 3 aliphatic heterocycles. The predicted molar refractivity (Wildman–Crippen MR) is 161 cm³/mol. The highest BCUT2D eigenvalue weighted by molar-refractivity contribution is 9.09. The number of anilines is 2. The minimum Gasteiger partial charge on any atom is -0.396 e. The molecule has 39 heavy (non-hydrogen) atoms. The Labute approximate surface area is 245 Å². The van der Waals surface area contributed by atoms with Gasteiger partial charge in [0, 0.05) is 54.2 Å². The summed E-state index contributed by atoms with van der Waals surface area (Å²) in [5.41, 5.74) is 1.81. The first-order valence-corrected chi connectivity index (χ1v) is 16.3. The molecule has 10 heteroatoms. The molecule has 0 aromatic heterocycles. The van der Waals surface area contributed by atoms with Crippen LogP contribution in [0.15, 0.2) is 24.3 Å². The number of nitrogens with one attached hydrogen (secondary N) is 2. The smallest absolute Gasteiger partial charge is 0.248 e. The minimum absolute atomic E-state index is 0.0360. The SMILES string of the molecule is CCCNC(=O)[C@H]1[C@H]2C(=O)N(CCCCCCO)C(C(=O)Nc3ccc(N(CC)CC)cc3)C23CC(Br)[C@@H]1S3. The van der Waals surface area contributed by atoms with Gasteiger partial charge in [-0.3, -0.25) is 14.4 Å². The largest absolute Gasteiger partial charge is 0.396 e. The summed E-state index contributed by atoms with van der Waals surface area (Å²) in [4.78, 5) is 45.5. The molecule has 216 valence electrons. The first-order chi connectivity index (χ1) is 18.8. The van der Waals surface area contributed by atoms with Gasteiger partial charge in [-0.1, -0.05) is 35.7 Å². The van der Waals surface area contributed by atoms with Crippen LogP contribution in [0.4, 0.5) is 11.4 Å². The Kier molecular flexibility index (Phi) is 10.3. The van der Waals surface area contributed by atoms with Crippen LogP contribution in [-0.4, -0.2) is 81.4 Å². The molecule has 3 amide bonds. The number of carbonyl (C=O) groups is 3. The van der Waals surface area contributed by atoms with Crippen LogP contribution in [-0.2, 0) is 14.4 Å². The lowest BCUT2D eigenvalue weighted by molar-refractivity contribution is -0.139. The zero-order valence-electron chi connectivity index (χ0n) is 23.3. The maximum absolute atomic E-state index is 14.0. The van der Waals surface area contributed by atoms with Gasteiger partial charge in [-0.25, -0.2) is 0 Å². The van der Waals surface area contributed by atoms with E-state index >= 15 is 0 Å². The Bertz CT molecular complexity index is 1020. The van der Waals surface area contributed by atoms with Crippen molar-refractivity contribution in [1.29, 1.82) is 0 Å². The lowest BCUT2D eigenvalue weighted by Gasteiger charge is -2.35. The Morgan fingerprint density at radius 2 is 1.79 bits per heavy atom. The third kappa shape index (κ3) is 5.84. The van der Waals surface area contributed by atoms with Crippen molar-refractivity contribution in [2.75, 3.05) is 43.0 Å². The average Bonchev–Trinajstić information content (AvgIpc) is 3.52. The number of hydrogen-bond donors (Lipinski definition) is 3. The van der Waals surface area contributed by atoms with E-state index in [1.807, 2.05) is 31.2 Å². The Balaban J connectivity index is 1.60. The lowest BCUT2D eigenvalue weighted by Crippen LogP contribution is -2.53. The fourth-order valence-electron chi connectivity index (χ4n) is 6.64. The minimum atomic E-state index is -0.644. The zero-order valence-corrected chi connectivity index (χ0v) is 25.7. The molecule has 3 heterocycles. The molecule has 6 atom stereocenters. The van der Waals surface area contributed by atoms with Gasteiger partial charge in [0.05, 0.1) is 16.6 Å². The number of amides is 3. The number of benzene rings is 1. The monoisotopic (exact) mass is 622 g/mol. The van der Waals surface area contributed by atoms with Gasteiger partial charge in [-0.05, 0) is 63.8 Å². The fraction of sp³-hybridized carbons (Fsp3) is 0.690. The average molecular weight is 624 g/mol. The highest BCUT2D eigenvalue weighted by Gasteiger charge is 2.75. The molecule has 1 spiro atoms. The molecule has 1 aromatic rings. The number of rotatable bonds is 14. The predicted octanol–water partition coefficient (Wildman–Crippen LogP) is 4.01. The highest BCUT2D eigenvalue weighted by atomic mass is 79.9. The molecule has 0 aliphatic carbocycles. The fourth-order valence-corrected chi connectivity index (χ4v) is 10.3. The topological polar surface area (TPSA) is 102 Å². The van der Waals surface area contributed by atoms with E-state index in [1.165, 1.54) is 0 Å². The summed E-state index contributed by atoms with van der Waals surface area (Å²) in [5.74, 6) is -1.28. The first kappa shape index (κ1) is 30.2. The van der Waals surface area contributed by atoms with E-state index in [4.69, 9.17) is 5.11 Å². The van der Waals surface area contributed by atoms with Crippen LogP contribution in [0.25, 0.3) is 0 Å². The summed E-state index contributed by atoms with van der Waals surface area (Å²) in [6.07, 6.45) is 4.75. The quantitative estimate of drug-likeness (QED) is 0.214. The van der Waals surface area contributed by atoms with Crippen LogP contribution in [0.1, 0.15) is 59.3 Å². The Morgan fingerprint density at radius 3 is 2.44 bits per heavy atom. The molecule has 8 nitrogen and oxygen atoms in total. The second-order valence-corrected chi connectivity index (χ2v) is 13.5. The number of aliphatic hydroxyl groups is 1. The molecule has 3 saturated heterocycles. The third-order valence-electron chi connectivity index (χ3n) is 8.46. The summed E-state index contributed by atoms with van der Waals surface area (Å²) >= 11 is 5.48. The highest BCUT2D eigenvalue weighted by Crippen LogP contribution is 2.67. The Morgan fingerprint density at radius 1 is 1.10 bits per heavy atom. The Hall–Kier alpha value is -1.78. The lowest BCUT2D eigenvalue weighted by atomic mass is 9.70. The number of unbranched alkanes of at least 4 members (excludes halogenated alkanes) is 3. The number of aliphatic hydroxyl groups excluding tert-OH is 1. The van der Waals surface area contributed by atoms with Crippen LogP contribution in [0, 0.1) is 11.8 Å². The van der Waals surface area contributed by atoms with Crippen molar-refractivity contribution in [2.24, 2.45) is 11.8 Å². The van der Waals surface area contributed by atoms with Gasteiger partial charge in [0.15, 0.2) is 0 Å². The molecule has 3 aliphatic rings. The number of fused-ring (bicyclic) bond motifs is 1. The first-order valence-electron chi connectivity index (χ1n) is 14.5. The standard InChI is InChI=1S/C29H43BrN4O4S/c1-4-15-31-26(36)22-23-28(38)34(16-9-7-8-10-17-35)25(29(23)18-21(30)24(22)39-29)27(37)32-19-11-13-20(14-12-19)33(5-2)6-3/h11-14,21-25,35H,4-10,15-18H2,1-3H3,(H,31,36)(H,32,37)/t21?,22-,23-,24-,25?,29?/m0/s1. The third-order valence-corrected chi connectivity index (χ3v) is 11.7. The van der Waals surface area contributed by atoms with Gasteiger partial charge in [-0.15, -0.1) is 11.8 Å². The van der Waals surface area contributed by atoms with E-state index in [0.29, 0.717) is 25.2 Å². The number of halogens is 1. The van der Waals surface area contributed by atoms with Crippen molar-refractivity contribution in [3.63, 3.8) is 0 Å². The number of alkyl halides is 1. The molecule has 3 unspecified atom stereocenters. The summed E-state index contributed by atoms with van der Waals surface area (Å²) in [5, 5.41) is 15.2. The van der Waals surface area contributed by atoms with Crippen molar-refractivity contribution < 1.29 is 19.5 Å². The molecule has 0 radical (unpaired) electrons. The van der Waals surface area contributed by atoms with Gasteiger partial charge in [-0.2, -0.15) is 0 Å². The van der Waals surface area contributed by atoms with Gasteiger partial charge < -0.3 is 25.5 Å². The number of hydrogen-bond acceptors (Lipinski definition) is 6. The van der Waals surface area contributed by atoms with E-state index < -0.39 is 22.6 Å². The second-order valence-electron chi connectivity index (χ2n) is 10.8. The second kappa shape index (κ2) is 13.3. The maximum Gasteiger partial charge on any atom is 0.248 e. The maximum atomic E-state index is 14.0. The number of likely N-dealkylation sites (tertiary alicyclic amines) is 1. The molecule has 1 aromatic carbocycles. The summed E-state index contributed by atoms with van der Waals surface area (Å²) < 4.78 is -0.638. The van der Waals surface area contributed by atoms with Gasteiger partial charge >= 0.3 is 0 Å². The molecular formula is C29H43BrN4O4S. The molecule has 3 fully saturated rings. The molecule has 4 rings (SSSR count). The van der Waals surface area contributed by atoms with Crippen molar-refractivity contribution in [1.82, 2.24) is 10.2 Å². The number of carbonyl (C=O) groups excluding carboxylic acids is 3. The molecule has 0 saturated carbocycles. The van der Waals surface area contributed by atoms with Crippen LogP contribution in [0.5, 0.6) is 0 Å². The van der Waals surface area contributed by atoms with E-state index in [9.17, 15) is 14.4 Å². The van der Waals surface area contributed by atoms with E-state index in [2.05, 4.69) is 45.3 Å². The van der Waals surface area contributed by atoms with Crippen LogP contribution >= 0.6 is 27.7 Å². The van der Waals surface area contributed by atoms with E-state index in [1.54, 1.807) is 16.7 Å². The molecule has 2 bridgehead atoms. The molecule has 3 N–H and O–H groups in total. The van der Waals surface area contributed by atoms with Gasteiger partial charge in [0.2, 0.25) is 17.7 Å². The number of thioether (sulfide) groups is 1.